The summed E-state index contributed by atoms with van der Waals surface area (Å²) in [5.74, 6) is 1.48. The number of benzene rings is 1. The first kappa shape index (κ1) is 23.6. The van der Waals surface area contributed by atoms with E-state index in [2.05, 4.69) is 41.8 Å². The van der Waals surface area contributed by atoms with Gasteiger partial charge in [0.05, 0.1) is 0 Å². The Morgan fingerprint density at radius 1 is 1.23 bits per heavy atom. The molecule has 1 heterocycles. The third-order valence-corrected chi connectivity index (χ3v) is 6.78. The van der Waals surface area contributed by atoms with Crippen molar-refractivity contribution in [2.24, 2.45) is 16.3 Å². The molecule has 31 heavy (non-hydrogen) atoms. The molecular weight excluding hydrogens is 388 g/mol. The van der Waals surface area contributed by atoms with Crippen molar-refractivity contribution in [2.45, 2.75) is 51.9 Å². The quantitative estimate of drug-likeness (QED) is 0.420. The highest BCUT2D eigenvalue weighted by atomic mass is 16.5. The van der Waals surface area contributed by atoms with E-state index in [0.29, 0.717) is 12.3 Å². The van der Waals surface area contributed by atoms with E-state index in [0.717, 1.165) is 58.1 Å². The van der Waals surface area contributed by atoms with Crippen LogP contribution in [-0.2, 0) is 16.0 Å². The highest BCUT2D eigenvalue weighted by molar-refractivity contribution is 5.81. The van der Waals surface area contributed by atoms with Gasteiger partial charge in [-0.15, -0.1) is 0 Å². The summed E-state index contributed by atoms with van der Waals surface area (Å²) in [6.07, 6.45) is 7.71. The highest BCUT2D eigenvalue weighted by Gasteiger charge is 2.33. The summed E-state index contributed by atoms with van der Waals surface area (Å²) in [7, 11) is 1.78. The van der Waals surface area contributed by atoms with Gasteiger partial charge in [0.1, 0.15) is 0 Å². The van der Waals surface area contributed by atoms with Gasteiger partial charge in [-0.05, 0) is 43.6 Å². The lowest BCUT2D eigenvalue weighted by molar-refractivity contribution is -0.127. The van der Waals surface area contributed by atoms with E-state index in [9.17, 15) is 4.79 Å². The Hall–Kier alpha value is -2.08. The molecule has 1 aliphatic heterocycles. The summed E-state index contributed by atoms with van der Waals surface area (Å²) in [6.45, 7) is 7.00. The van der Waals surface area contributed by atoms with Gasteiger partial charge >= 0.3 is 0 Å². The minimum Gasteiger partial charge on any atom is -0.385 e. The molecular formula is C25H40N4O2. The van der Waals surface area contributed by atoms with Crippen LogP contribution in [0.5, 0.6) is 0 Å². The molecule has 1 aromatic rings. The summed E-state index contributed by atoms with van der Waals surface area (Å²) < 4.78 is 5.35. The van der Waals surface area contributed by atoms with Gasteiger partial charge in [0.2, 0.25) is 5.91 Å². The summed E-state index contributed by atoms with van der Waals surface area (Å²) in [4.78, 5) is 19.4. The van der Waals surface area contributed by atoms with Crippen molar-refractivity contribution in [3.05, 3.63) is 35.9 Å². The fraction of sp³-hybridized carbons (Fsp3) is 0.680. The molecule has 2 fully saturated rings. The number of methoxy groups -OCH3 is 1. The van der Waals surface area contributed by atoms with Crippen LogP contribution in [0.1, 0.15) is 51.0 Å². The van der Waals surface area contributed by atoms with Crippen molar-refractivity contribution in [1.29, 1.82) is 0 Å². The largest absolute Gasteiger partial charge is 0.385 e. The van der Waals surface area contributed by atoms with Crippen molar-refractivity contribution >= 4 is 11.9 Å². The number of hydrogen-bond acceptors (Lipinski definition) is 3. The third kappa shape index (κ3) is 7.23. The maximum Gasteiger partial charge on any atom is 0.223 e. The summed E-state index contributed by atoms with van der Waals surface area (Å²) >= 11 is 0. The summed E-state index contributed by atoms with van der Waals surface area (Å²) in [5, 5.41) is 6.89. The van der Waals surface area contributed by atoms with Crippen LogP contribution in [0.15, 0.2) is 35.3 Å². The molecule has 2 N–H and O–H groups in total. The third-order valence-electron chi connectivity index (χ3n) is 6.78. The first-order chi connectivity index (χ1) is 15.1. The molecule has 1 aromatic carbocycles. The lowest BCUT2D eigenvalue weighted by Crippen LogP contribution is -2.41. The Morgan fingerprint density at radius 2 is 2.00 bits per heavy atom. The number of ether oxygens (including phenoxy) is 1. The number of nitrogens with one attached hydrogen (secondary N) is 2. The minimum atomic E-state index is 0.272. The van der Waals surface area contributed by atoms with Crippen molar-refractivity contribution in [1.82, 2.24) is 15.5 Å². The molecule has 3 rings (SSSR count). The van der Waals surface area contributed by atoms with Gasteiger partial charge < -0.3 is 20.3 Å². The molecule has 2 aliphatic rings. The van der Waals surface area contributed by atoms with E-state index in [1.165, 1.54) is 31.2 Å². The zero-order valence-electron chi connectivity index (χ0n) is 19.4. The zero-order valence-corrected chi connectivity index (χ0v) is 19.4. The van der Waals surface area contributed by atoms with Crippen molar-refractivity contribution in [2.75, 3.05) is 46.4 Å². The number of likely N-dealkylation sites (tertiary alicyclic amines) is 1. The molecule has 1 unspecified atom stereocenters. The molecule has 0 spiro atoms. The Balaban J connectivity index is 1.48. The van der Waals surface area contributed by atoms with E-state index in [1.54, 1.807) is 7.11 Å². The molecule has 1 atom stereocenters. The monoisotopic (exact) mass is 428 g/mol. The van der Waals surface area contributed by atoms with Crippen LogP contribution in [0.25, 0.3) is 0 Å². The maximum atomic E-state index is 12.5. The van der Waals surface area contributed by atoms with Crippen LogP contribution in [0.4, 0.5) is 0 Å². The number of rotatable bonds is 11. The lowest BCUT2D eigenvalue weighted by atomic mass is 9.83. The number of nitrogens with zero attached hydrogens (tertiary/aromatic N) is 2. The molecule has 1 saturated carbocycles. The average molecular weight is 429 g/mol. The highest BCUT2D eigenvalue weighted by Crippen LogP contribution is 2.41. The molecule has 0 bridgehead atoms. The second-order valence-electron chi connectivity index (χ2n) is 9.17. The molecule has 6 heteroatoms. The van der Waals surface area contributed by atoms with E-state index < -0.39 is 0 Å². The van der Waals surface area contributed by atoms with E-state index in [4.69, 9.17) is 9.73 Å². The second kappa shape index (κ2) is 12.1. The van der Waals surface area contributed by atoms with Gasteiger partial charge in [-0.25, -0.2) is 0 Å². The van der Waals surface area contributed by atoms with E-state index in [1.807, 2.05) is 11.0 Å². The predicted octanol–water partition coefficient (Wildman–Crippen LogP) is 3.23. The smallest absolute Gasteiger partial charge is 0.223 e. The van der Waals surface area contributed by atoms with Gasteiger partial charge in [-0.1, -0.05) is 43.2 Å². The van der Waals surface area contributed by atoms with E-state index >= 15 is 0 Å². The molecule has 0 radical (unpaired) electrons. The normalized spacial score (nSPS) is 21.0. The van der Waals surface area contributed by atoms with Crippen LogP contribution >= 0.6 is 0 Å². The fourth-order valence-corrected chi connectivity index (χ4v) is 4.88. The van der Waals surface area contributed by atoms with Crippen molar-refractivity contribution < 1.29 is 9.53 Å². The van der Waals surface area contributed by atoms with Crippen LogP contribution in [0.3, 0.4) is 0 Å². The van der Waals surface area contributed by atoms with Gasteiger partial charge in [0, 0.05) is 58.8 Å². The molecule has 1 aliphatic carbocycles. The Labute approximate surface area is 187 Å². The zero-order chi connectivity index (χ0) is 21.9. The van der Waals surface area contributed by atoms with E-state index in [-0.39, 0.29) is 11.3 Å². The number of guanidine groups is 1. The van der Waals surface area contributed by atoms with Crippen molar-refractivity contribution in [3.8, 4) is 0 Å². The lowest BCUT2D eigenvalue weighted by Gasteiger charge is -2.27. The summed E-state index contributed by atoms with van der Waals surface area (Å²) in [5.41, 5.74) is 1.57. The molecule has 1 amide bonds. The van der Waals surface area contributed by atoms with Gasteiger partial charge in [-0.3, -0.25) is 9.79 Å². The van der Waals surface area contributed by atoms with Gasteiger partial charge in [0.25, 0.3) is 0 Å². The number of aliphatic imine (C=N–C) groups is 1. The van der Waals surface area contributed by atoms with Crippen LogP contribution in [-0.4, -0.2) is 63.2 Å². The first-order valence-corrected chi connectivity index (χ1v) is 12.0. The SMILES string of the molecule is CCNC(=NCC1(CCOC)CCCC1)NCC1CC(=O)N(CCc2ccccc2)C1. The minimum absolute atomic E-state index is 0.272. The number of carbonyl (C=O) groups excluding carboxylic acids is 1. The average Bonchev–Trinajstić information content (AvgIpc) is 3.40. The second-order valence-corrected chi connectivity index (χ2v) is 9.17. The standard InChI is InChI=1S/C25H40N4O2/c1-3-26-24(28-20-25(14-16-31-2)12-7-8-13-25)27-18-22-17-23(30)29(19-22)15-11-21-9-5-4-6-10-21/h4-6,9-10,22H,3,7-8,11-20H2,1-2H3,(H2,26,27,28). The number of amides is 1. The Kier molecular flexibility index (Phi) is 9.19. The molecule has 6 nitrogen and oxygen atoms in total. The van der Waals surface area contributed by atoms with Gasteiger partial charge in [-0.2, -0.15) is 0 Å². The number of carbonyl (C=O) groups is 1. The number of hydrogen-bond donors (Lipinski definition) is 2. The van der Waals surface area contributed by atoms with Crippen LogP contribution < -0.4 is 10.6 Å². The Morgan fingerprint density at radius 3 is 2.71 bits per heavy atom. The van der Waals surface area contributed by atoms with Crippen LogP contribution in [0, 0.1) is 11.3 Å². The molecule has 172 valence electrons. The maximum absolute atomic E-state index is 12.5. The van der Waals surface area contributed by atoms with Gasteiger partial charge in [0.15, 0.2) is 5.96 Å². The Bertz CT molecular complexity index is 701. The van der Waals surface area contributed by atoms with Crippen LogP contribution in [0.2, 0.25) is 0 Å². The molecule has 0 aromatic heterocycles. The topological polar surface area (TPSA) is 66.0 Å². The first-order valence-electron chi connectivity index (χ1n) is 12.0. The predicted molar refractivity (Wildman–Crippen MR) is 126 cm³/mol. The summed E-state index contributed by atoms with van der Waals surface area (Å²) in [6, 6.07) is 10.4. The van der Waals surface area contributed by atoms with Crippen molar-refractivity contribution in [3.63, 3.8) is 0 Å². The molecule has 1 saturated heterocycles. The fourth-order valence-electron chi connectivity index (χ4n) is 4.88.